The van der Waals surface area contributed by atoms with E-state index in [9.17, 15) is 9.59 Å². The molecule has 1 aromatic carbocycles. The molecular formula is C33H56O15. The highest BCUT2D eigenvalue weighted by Gasteiger charge is 1.97. The van der Waals surface area contributed by atoms with Gasteiger partial charge in [-0.25, -0.2) is 9.59 Å². The Labute approximate surface area is 283 Å². The molecule has 48 heavy (non-hydrogen) atoms. The summed E-state index contributed by atoms with van der Waals surface area (Å²) in [5.74, 6) is -2.51. The highest BCUT2D eigenvalue weighted by Crippen LogP contribution is 1.97. The number of carboxylic acids is 2. The molecule has 0 fully saturated rings. The van der Waals surface area contributed by atoms with Crippen molar-refractivity contribution < 1.29 is 72.6 Å². The minimum absolute atomic E-state index is 0.0275. The summed E-state index contributed by atoms with van der Waals surface area (Å²) in [6.45, 7) is 14.0. The average Bonchev–Trinajstić information content (AvgIpc) is 3.08. The monoisotopic (exact) mass is 692 g/mol. The van der Waals surface area contributed by atoms with Gasteiger partial charge in [0.05, 0.1) is 132 Å². The van der Waals surface area contributed by atoms with E-state index in [1.165, 1.54) is 5.56 Å². The number of aliphatic hydroxyl groups is 2. The van der Waals surface area contributed by atoms with Gasteiger partial charge in [-0.2, -0.15) is 0 Å². The number of rotatable bonds is 31. The van der Waals surface area contributed by atoms with Crippen LogP contribution in [0.15, 0.2) is 49.1 Å². The van der Waals surface area contributed by atoms with E-state index in [2.05, 4.69) is 6.58 Å². The Hall–Kier alpha value is -2.80. The van der Waals surface area contributed by atoms with E-state index in [1.54, 1.807) is 6.92 Å². The van der Waals surface area contributed by atoms with E-state index in [4.69, 9.17) is 63.1 Å². The van der Waals surface area contributed by atoms with Crippen LogP contribution in [-0.4, -0.2) is 164 Å². The number of hydrogen-bond donors (Lipinski definition) is 4. The number of aliphatic hydroxyl groups excluding tert-OH is 2. The molecule has 0 aliphatic carbocycles. The van der Waals surface area contributed by atoms with Gasteiger partial charge in [-0.15, -0.1) is 0 Å². The van der Waals surface area contributed by atoms with Crippen molar-refractivity contribution in [2.24, 2.45) is 0 Å². The number of ether oxygens (including phenoxy) is 9. The molecule has 15 heteroatoms. The molecule has 1 aromatic rings. The molecule has 0 aromatic heterocycles. The molecule has 1 atom stereocenters. The Kier molecular flexibility index (Phi) is 39.8. The highest BCUT2D eigenvalue weighted by molar-refractivity contribution is 5.89. The van der Waals surface area contributed by atoms with Crippen LogP contribution in [0.3, 0.4) is 0 Å². The lowest BCUT2D eigenvalue weighted by Crippen LogP contribution is -2.16. The lowest BCUT2D eigenvalue weighted by Gasteiger charge is -2.09. The summed E-state index contributed by atoms with van der Waals surface area (Å²) in [7, 11) is 0. The number of carbonyl (C=O) groups is 2. The van der Waals surface area contributed by atoms with Crippen LogP contribution >= 0.6 is 0 Å². The van der Waals surface area contributed by atoms with E-state index in [0.29, 0.717) is 131 Å². The zero-order valence-electron chi connectivity index (χ0n) is 28.1. The van der Waals surface area contributed by atoms with Crippen LogP contribution in [0.2, 0.25) is 0 Å². The molecule has 15 nitrogen and oxygen atoms in total. The Morgan fingerprint density at radius 3 is 1.10 bits per heavy atom. The summed E-state index contributed by atoms with van der Waals surface area (Å²) < 4.78 is 47.9. The van der Waals surface area contributed by atoms with Crippen molar-refractivity contribution in [2.45, 2.75) is 13.0 Å². The van der Waals surface area contributed by atoms with Crippen LogP contribution in [0, 0.1) is 0 Å². The third-order valence-corrected chi connectivity index (χ3v) is 4.97. The largest absolute Gasteiger partial charge is 0.478 e. The normalized spacial score (nSPS) is 11.3. The fourth-order valence-corrected chi connectivity index (χ4v) is 2.81. The molecular weight excluding hydrogens is 636 g/mol. The Balaban J connectivity index is 0. The maximum Gasteiger partial charge on any atom is 0.328 e. The lowest BCUT2D eigenvalue weighted by molar-refractivity contribution is -0.134. The topological polar surface area (TPSA) is 198 Å². The van der Waals surface area contributed by atoms with Crippen LogP contribution < -0.4 is 0 Å². The maximum atomic E-state index is 9.55. The van der Waals surface area contributed by atoms with Gasteiger partial charge in [0.25, 0.3) is 0 Å². The third-order valence-electron chi connectivity index (χ3n) is 4.97. The molecule has 0 saturated heterocycles. The standard InChI is InChI=1S/C21H44O11.C8H8.C4H4O4/c1-21(23)20-32-19-18-31-17-16-30-15-14-29-13-12-28-11-10-27-9-8-26-7-6-25-5-4-24-3-2-22;1-2-8-6-4-3-5-7-8;5-3(6)1-2-4(7)8/h21-23H,2-20H2,1H3;2-7H,1H2;1-2H,(H,5,6)(H,7,8). The van der Waals surface area contributed by atoms with Gasteiger partial charge in [0.15, 0.2) is 0 Å². The Morgan fingerprint density at radius 2 is 0.875 bits per heavy atom. The summed E-state index contributed by atoms with van der Waals surface area (Å²) in [6, 6.07) is 10.0. The molecule has 278 valence electrons. The van der Waals surface area contributed by atoms with Crippen molar-refractivity contribution in [3.63, 3.8) is 0 Å². The first-order valence-corrected chi connectivity index (χ1v) is 15.6. The molecule has 1 rings (SSSR count). The van der Waals surface area contributed by atoms with E-state index in [0.717, 1.165) is 0 Å². The van der Waals surface area contributed by atoms with Crippen molar-refractivity contribution in [2.75, 3.05) is 126 Å². The van der Waals surface area contributed by atoms with Crippen LogP contribution in [0.25, 0.3) is 6.08 Å². The fraction of sp³-hybridized carbons (Fsp3) is 0.636. The first kappa shape index (κ1) is 47.3. The van der Waals surface area contributed by atoms with Gasteiger partial charge in [-0.1, -0.05) is 43.0 Å². The molecule has 0 heterocycles. The SMILES string of the molecule is C=Cc1ccccc1.CC(O)COCCOCCOCCOCCOCCOCCOCCOCCOCCO.O=C(O)C=CC(=O)O. The number of hydrogen-bond acceptors (Lipinski definition) is 13. The van der Waals surface area contributed by atoms with Crippen molar-refractivity contribution in [1.29, 1.82) is 0 Å². The summed E-state index contributed by atoms with van der Waals surface area (Å²) in [5.41, 5.74) is 1.17. The van der Waals surface area contributed by atoms with Crippen LogP contribution in [0.1, 0.15) is 12.5 Å². The van der Waals surface area contributed by atoms with Gasteiger partial charge < -0.3 is 63.1 Å². The summed E-state index contributed by atoms with van der Waals surface area (Å²) >= 11 is 0. The molecule has 0 radical (unpaired) electrons. The zero-order chi connectivity index (χ0) is 35.8. The minimum Gasteiger partial charge on any atom is -0.478 e. The second kappa shape index (κ2) is 40.4. The number of aliphatic carboxylic acids is 2. The molecule has 0 bridgehead atoms. The minimum atomic E-state index is -1.26. The third kappa shape index (κ3) is 45.3. The fourth-order valence-electron chi connectivity index (χ4n) is 2.81. The second-order valence-electron chi connectivity index (χ2n) is 9.17. The van der Waals surface area contributed by atoms with Crippen molar-refractivity contribution >= 4 is 18.0 Å². The molecule has 0 amide bonds. The van der Waals surface area contributed by atoms with Gasteiger partial charge in [0.1, 0.15) is 0 Å². The quantitative estimate of drug-likeness (QED) is 0.0645. The van der Waals surface area contributed by atoms with Crippen molar-refractivity contribution in [1.82, 2.24) is 0 Å². The van der Waals surface area contributed by atoms with E-state index < -0.39 is 18.0 Å². The Bertz CT molecular complexity index is 837. The van der Waals surface area contributed by atoms with Gasteiger partial charge in [-0.3, -0.25) is 0 Å². The Morgan fingerprint density at radius 1 is 0.583 bits per heavy atom. The second-order valence-corrected chi connectivity index (χ2v) is 9.17. The van der Waals surface area contributed by atoms with Gasteiger partial charge in [-0.05, 0) is 12.5 Å². The maximum absolute atomic E-state index is 9.55. The first-order chi connectivity index (χ1) is 23.3. The first-order valence-electron chi connectivity index (χ1n) is 15.6. The zero-order valence-corrected chi connectivity index (χ0v) is 28.1. The molecule has 0 aliphatic rings. The van der Waals surface area contributed by atoms with Gasteiger partial charge >= 0.3 is 11.9 Å². The van der Waals surface area contributed by atoms with Crippen molar-refractivity contribution in [3.8, 4) is 0 Å². The highest BCUT2D eigenvalue weighted by atomic mass is 16.6. The molecule has 1 unspecified atom stereocenters. The van der Waals surface area contributed by atoms with E-state index >= 15 is 0 Å². The summed E-state index contributed by atoms with van der Waals surface area (Å²) in [6.07, 6.45) is 2.50. The summed E-state index contributed by atoms with van der Waals surface area (Å²) in [5, 5.41) is 33.2. The van der Waals surface area contributed by atoms with Gasteiger partial charge in [0.2, 0.25) is 0 Å². The summed E-state index contributed by atoms with van der Waals surface area (Å²) in [4.78, 5) is 19.1. The van der Waals surface area contributed by atoms with Crippen molar-refractivity contribution in [3.05, 3.63) is 54.6 Å². The number of carboxylic acid groups (broad SMARTS) is 2. The molecule has 4 N–H and O–H groups in total. The smallest absolute Gasteiger partial charge is 0.328 e. The predicted octanol–water partition coefficient (Wildman–Crippen LogP) is 1.55. The van der Waals surface area contributed by atoms with Gasteiger partial charge in [0, 0.05) is 12.2 Å². The van der Waals surface area contributed by atoms with E-state index in [-0.39, 0.29) is 6.61 Å². The van der Waals surface area contributed by atoms with Crippen LogP contribution in [-0.2, 0) is 52.2 Å². The lowest BCUT2D eigenvalue weighted by atomic mass is 10.2. The molecule has 0 spiro atoms. The molecule has 0 saturated carbocycles. The average molecular weight is 693 g/mol. The predicted molar refractivity (Wildman–Crippen MR) is 177 cm³/mol. The van der Waals surface area contributed by atoms with Crippen LogP contribution in [0.4, 0.5) is 0 Å². The van der Waals surface area contributed by atoms with E-state index in [1.807, 2.05) is 36.4 Å². The number of benzene rings is 1. The van der Waals surface area contributed by atoms with Crippen LogP contribution in [0.5, 0.6) is 0 Å². The molecule has 0 aliphatic heterocycles.